The Kier molecular flexibility index (Phi) is 5.74. The highest BCUT2D eigenvalue weighted by Gasteiger charge is 2.01. The van der Waals surface area contributed by atoms with Gasteiger partial charge in [-0.15, -0.1) is 0 Å². The number of phenols is 1. The molecule has 0 fully saturated rings. The normalized spacial score (nSPS) is 11.8. The first-order valence-corrected chi connectivity index (χ1v) is 5.79. The zero-order valence-corrected chi connectivity index (χ0v) is 10.6. The molecule has 3 heteroatoms. The quantitative estimate of drug-likeness (QED) is 0.758. The number of nitrogens with two attached hydrogens (primary N) is 1. The lowest BCUT2D eigenvalue weighted by Crippen LogP contribution is -2.01. The SMILES string of the molecule is C=C/C=C(\C=C/C)COc1cc(O)cc(CN)c1. The Hall–Kier alpha value is -2.00. The molecule has 0 saturated carbocycles. The summed E-state index contributed by atoms with van der Waals surface area (Å²) in [4.78, 5) is 0. The van der Waals surface area contributed by atoms with E-state index in [0.717, 1.165) is 11.1 Å². The zero-order valence-electron chi connectivity index (χ0n) is 10.6. The summed E-state index contributed by atoms with van der Waals surface area (Å²) in [6.45, 7) is 6.39. The largest absolute Gasteiger partial charge is 0.508 e. The van der Waals surface area contributed by atoms with E-state index in [2.05, 4.69) is 6.58 Å². The minimum absolute atomic E-state index is 0.160. The van der Waals surface area contributed by atoms with Crippen molar-refractivity contribution in [3.05, 3.63) is 60.2 Å². The molecular formula is C15H19NO2. The molecule has 0 radical (unpaired) electrons. The third-order valence-electron chi connectivity index (χ3n) is 2.30. The van der Waals surface area contributed by atoms with E-state index < -0.39 is 0 Å². The second-order valence-electron chi connectivity index (χ2n) is 3.81. The van der Waals surface area contributed by atoms with E-state index in [1.165, 1.54) is 0 Å². The van der Waals surface area contributed by atoms with E-state index in [1.807, 2.05) is 31.2 Å². The molecular weight excluding hydrogens is 226 g/mol. The summed E-state index contributed by atoms with van der Waals surface area (Å²) in [7, 11) is 0. The van der Waals surface area contributed by atoms with Crippen LogP contribution in [0.25, 0.3) is 0 Å². The first-order chi connectivity index (χ1) is 8.69. The van der Waals surface area contributed by atoms with Gasteiger partial charge in [-0.2, -0.15) is 0 Å². The van der Waals surface area contributed by atoms with Crippen LogP contribution in [0.5, 0.6) is 11.5 Å². The Balaban J connectivity index is 2.75. The van der Waals surface area contributed by atoms with Crippen molar-refractivity contribution in [1.82, 2.24) is 0 Å². The number of ether oxygens (including phenoxy) is 1. The number of hydrogen-bond acceptors (Lipinski definition) is 3. The number of hydrogen-bond donors (Lipinski definition) is 2. The molecule has 96 valence electrons. The molecule has 0 aliphatic heterocycles. The van der Waals surface area contributed by atoms with Crippen LogP contribution in [-0.4, -0.2) is 11.7 Å². The van der Waals surface area contributed by atoms with Crippen molar-refractivity contribution < 1.29 is 9.84 Å². The molecule has 0 bridgehead atoms. The van der Waals surface area contributed by atoms with Gasteiger partial charge in [0, 0.05) is 12.6 Å². The van der Waals surface area contributed by atoms with E-state index in [9.17, 15) is 5.11 Å². The summed E-state index contributed by atoms with van der Waals surface area (Å²) < 4.78 is 5.61. The maximum Gasteiger partial charge on any atom is 0.123 e. The lowest BCUT2D eigenvalue weighted by atomic mass is 10.2. The van der Waals surface area contributed by atoms with Crippen LogP contribution in [0.3, 0.4) is 0 Å². The molecule has 1 rings (SSSR count). The van der Waals surface area contributed by atoms with Crippen molar-refractivity contribution in [2.75, 3.05) is 6.61 Å². The first-order valence-electron chi connectivity index (χ1n) is 5.79. The Morgan fingerprint density at radius 2 is 2.22 bits per heavy atom. The Bertz CT molecular complexity index is 462. The van der Waals surface area contributed by atoms with E-state index in [0.29, 0.717) is 18.9 Å². The topological polar surface area (TPSA) is 55.5 Å². The fourth-order valence-corrected chi connectivity index (χ4v) is 1.53. The second-order valence-corrected chi connectivity index (χ2v) is 3.81. The van der Waals surface area contributed by atoms with Gasteiger partial charge in [-0.3, -0.25) is 0 Å². The summed E-state index contributed by atoms with van der Waals surface area (Å²) in [5.74, 6) is 0.767. The molecule has 0 heterocycles. The van der Waals surface area contributed by atoms with Crippen LogP contribution in [0.4, 0.5) is 0 Å². The lowest BCUT2D eigenvalue weighted by molar-refractivity contribution is 0.352. The predicted molar refractivity (Wildman–Crippen MR) is 74.6 cm³/mol. The summed E-state index contributed by atoms with van der Waals surface area (Å²) in [5, 5.41) is 9.52. The molecule has 0 spiro atoms. The van der Waals surface area contributed by atoms with Crippen LogP contribution in [0.1, 0.15) is 12.5 Å². The third kappa shape index (κ3) is 4.47. The predicted octanol–water partition coefficient (Wildman–Crippen LogP) is 2.92. The number of benzene rings is 1. The second kappa shape index (κ2) is 7.35. The van der Waals surface area contributed by atoms with Crippen molar-refractivity contribution in [3.63, 3.8) is 0 Å². The number of aromatic hydroxyl groups is 1. The number of phenolic OH excluding ortho intramolecular Hbond substituents is 1. The monoisotopic (exact) mass is 245 g/mol. The van der Waals surface area contributed by atoms with Crippen LogP contribution in [0.15, 0.2) is 54.7 Å². The van der Waals surface area contributed by atoms with Gasteiger partial charge in [0.1, 0.15) is 18.1 Å². The third-order valence-corrected chi connectivity index (χ3v) is 2.30. The molecule has 0 atom stereocenters. The van der Waals surface area contributed by atoms with Crippen LogP contribution in [-0.2, 0) is 6.54 Å². The average molecular weight is 245 g/mol. The summed E-state index contributed by atoms with van der Waals surface area (Å²) in [6.07, 6.45) is 7.49. The van der Waals surface area contributed by atoms with Gasteiger partial charge in [-0.25, -0.2) is 0 Å². The van der Waals surface area contributed by atoms with Crippen LogP contribution in [0.2, 0.25) is 0 Å². The maximum atomic E-state index is 9.52. The average Bonchev–Trinajstić information content (AvgIpc) is 2.36. The van der Waals surface area contributed by atoms with Crippen LogP contribution >= 0.6 is 0 Å². The smallest absolute Gasteiger partial charge is 0.123 e. The van der Waals surface area contributed by atoms with E-state index in [-0.39, 0.29) is 5.75 Å². The van der Waals surface area contributed by atoms with Crippen LogP contribution < -0.4 is 10.5 Å². The van der Waals surface area contributed by atoms with Crippen molar-refractivity contribution in [2.45, 2.75) is 13.5 Å². The Labute approximate surface area is 108 Å². The van der Waals surface area contributed by atoms with E-state index >= 15 is 0 Å². The molecule has 0 amide bonds. The standard InChI is InChI=1S/C15H19NO2/c1-3-5-12(6-4-2)11-18-15-8-13(10-16)7-14(17)9-15/h3-9,17H,1,10-11,16H2,2H3/b6-4-,12-5+. The maximum absolute atomic E-state index is 9.52. The highest BCUT2D eigenvalue weighted by Crippen LogP contribution is 2.22. The molecule has 1 aromatic rings. The fourth-order valence-electron chi connectivity index (χ4n) is 1.53. The summed E-state index contributed by atoms with van der Waals surface area (Å²) in [6, 6.07) is 5.01. The Morgan fingerprint density at radius 1 is 1.44 bits per heavy atom. The minimum Gasteiger partial charge on any atom is -0.508 e. The minimum atomic E-state index is 0.160. The van der Waals surface area contributed by atoms with Crippen LogP contribution in [0, 0.1) is 0 Å². The molecule has 3 nitrogen and oxygen atoms in total. The summed E-state index contributed by atoms with van der Waals surface area (Å²) in [5.41, 5.74) is 7.38. The van der Waals surface area contributed by atoms with Crippen molar-refractivity contribution in [1.29, 1.82) is 0 Å². The molecule has 18 heavy (non-hydrogen) atoms. The number of rotatable bonds is 6. The van der Waals surface area contributed by atoms with Gasteiger partial charge in [0.25, 0.3) is 0 Å². The highest BCUT2D eigenvalue weighted by atomic mass is 16.5. The fraction of sp³-hybridized carbons (Fsp3) is 0.200. The molecule has 1 aromatic carbocycles. The molecule has 0 unspecified atom stereocenters. The molecule has 0 aromatic heterocycles. The van der Waals surface area contributed by atoms with Crippen molar-refractivity contribution >= 4 is 0 Å². The molecule has 3 N–H and O–H groups in total. The Morgan fingerprint density at radius 3 is 2.83 bits per heavy atom. The summed E-state index contributed by atoms with van der Waals surface area (Å²) >= 11 is 0. The highest BCUT2D eigenvalue weighted by molar-refractivity contribution is 5.38. The van der Waals surface area contributed by atoms with Gasteiger partial charge in [0.2, 0.25) is 0 Å². The van der Waals surface area contributed by atoms with Gasteiger partial charge in [0.15, 0.2) is 0 Å². The van der Waals surface area contributed by atoms with Gasteiger partial charge < -0.3 is 15.6 Å². The van der Waals surface area contributed by atoms with Gasteiger partial charge >= 0.3 is 0 Å². The molecule has 0 saturated heterocycles. The number of allylic oxidation sites excluding steroid dienone is 3. The first kappa shape index (κ1) is 14.1. The lowest BCUT2D eigenvalue weighted by Gasteiger charge is -2.09. The van der Waals surface area contributed by atoms with Gasteiger partial charge in [-0.1, -0.05) is 30.9 Å². The van der Waals surface area contributed by atoms with E-state index in [1.54, 1.807) is 18.2 Å². The molecule has 0 aliphatic carbocycles. The van der Waals surface area contributed by atoms with Crippen molar-refractivity contribution in [3.8, 4) is 11.5 Å². The van der Waals surface area contributed by atoms with E-state index in [4.69, 9.17) is 10.5 Å². The van der Waals surface area contributed by atoms with Gasteiger partial charge in [-0.05, 0) is 30.2 Å². The molecule has 0 aliphatic rings. The zero-order chi connectivity index (χ0) is 13.4. The van der Waals surface area contributed by atoms with Gasteiger partial charge in [0.05, 0.1) is 0 Å². The van der Waals surface area contributed by atoms with Crippen molar-refractivity contribution in [2.24, 2.45) is 5.73 Å².